The Morgan fingerprint density at radius 1 is 1.06 bits per heavy atom. The van der Waals surface area contributed by atoms with Gasteiger partial charge in [0.1, 0.15) is 11.5 Å². The third-order valence-corrected chi connectivity index (χ3v) is 11.0. The number of hydrogen-bond donors (Lipinski definition) is 1. The first-order chi connectivity index (χ1) is 16.0. The molecule has 0 aromatic heterocycles. The second kappa shape index (κ2) is 6.71. The van der Waals surface area contributed by atoms with Crippen LogP contribution < -0.4 is 0 Å². The van der Waals surface area contributed by atoms with Crippen molar-refractivity contribution in [3.05, 3.63) is 34.9 Å². The third kappa shape index (κ3) is 2.34. The monoisotopic (exact) mass is 466 g/mol. The first-order valence-corrected chi connectivity index (χ1v) is 12.7. The zero-order valence-electron chi connectivity index (χ0n) is 20.5. The summed E-state index contributed by atoms with van der Waals surface area (Å²) in [6.07, 6.45) is 9.53. The molecule has 6 heteroatoms. The number of esters is 2. The molecule has 6 rings (SSSR count). The van der Waals surface area contributed by atoms with Crippen molar-refractivity contribution < 1.29 is 29.0 Å². The molecular formula is C28H34O6. The maximum Gasteiger partial charge on any atom is 0.334 e. The van der Waals surface area contributed by atoms with Gasteiger partial charge in [-0.05, 0) is 84.1 Å². The van der Waals surface area contributed by atoms with Crippen LogP contribution in [0.25, 0.3) is 0 Å². The molecule has 6 nitrogen and oxygen atoms in total. The van der Waals surface area contributed by atoms with Crippen molar-refractivity contribution in [2.45, 2.75) is 89.9 Å². The second-order valence-electron chi connectivity index (χ2n) is 12.0. The average molecular weight is 467 g/mol. The van der Waals surface area contributed by atoms with Crippen LogP contribution in [0.3, 0.4) is 0 Å². The minimum atomic E-state index is -1.23. The van der Waals surface area contributed by atoms with Crippen LogP contribution >= 0.6 is 0 Å². The van der Waals surface area contributed by atoms with E-state index in [2.05, 4.69) is 6.08 Å². The topological polar surface area (TPSA) is 89.9 Å². The Kier molecular flexibility index (Phi) is 4.40. The summed E-state index contributed by atoms with van der Waals surface area (Å²) in [5.41, 5.74) is -1.12. The van der Waals surface area contributed by atoms with Crippen molar-refractivity contribution in [1.82, 2.24) is 0 Å². The van der Waals surface area contributed by atoms with Gasteiger partial charge in [0.05, 0.1) is 11.0 Å². The first kappa shape index (κ1) is 22.3. The third-order valence-electron chi connectivity index (χ3n) is 11.0. The molecule has 0 amide bonds. The van der Waals surface area contributed by atoms with E-state index in [9.17, 15) is 19.5 Å². The van der Waals surface area contributed by atoms with Crippen LogP contribution in [0.4, 0.5) is 0 Å². The maximum atomic E-state index is 13.8. The molecule has 1 spiro atoms. The van der Waals surface area contributed by atoms with Gasteiger partial charge in [0.2, 0.25) is 0 Å². The summed E-state index contributed by atoms with van der Waals surface area (Å²) in [6.45, 7) is 7.62. The summed E-state index contributed by atoms with van der Waals surface area (Å²) in [4.78, 5) is 39.4. The molecule has 8 atom stereocenters. The molecule has 0 radical (unpaired) electrons. The number of rotatable bonds is 1. The Labute approximate surface area is 200 Å². The van der Waals surface area contributed by atoms with Gasteiger partial charge in [-0.2, -0.15) is 0 Å². The molecular weight excluding hydrogens is 432 g/mol. The van der Waals surface area contributed by atoms with Crippen molar-refractivity contribution in [1.29, 1.82) is 0 Å². The van der Waals surface area contributed by atoms with E-state index in [4.69, 9.17) is 9.47 Å². The van der Waals surface area contributed by atoms with E-state index in [1.165, 1.54) is 0 Å². The van der Waals surface area contributed by atoms with Gasteiger partial charge in [0.25, 0.3) is 0 Å². The highest BCUT2D eigenvalue weighted by atomic mass is 16.6. The SMILES string of the molecule is CC1=C(C)C(=O)OC([C@]2(C)OC(=O)[C@]34CCC5C(CC=C6CC=CC(=O)[C@@]65C)[C@]3(O)CCC24)C1. The molecule has 6 aliphatic rings. The van der Waals surface area contributed by atoms with Crippen molar-refractivity contribution in [3.8, 4) is 0 Å². The van der Waals surface area contributed by atoms with E-state index in [0.29, 0.717) is 44.1 Å². The van der Waals surface area contributed by atoms with Crippen LogP contribution in [0, 0.1) is 28.6 Å². The van der Waals surface area contributed by atoms with Crippen LogP contribution in [0.2, 0.25) is 0 Å². The van der Waals surface area contributed by atoms with Gasteiger partial charge >= 0.3 is 11.9 Å². The summed E-state index contributed by atoms with van der Waals surface area (Å²) in [6, 6.07) is 0. The Morgan fingerprint density at radius 3 is 2.56 bits per heavy atom. The standard InChI is InChI=1S/C28H34O6/c1-15-14-22(33-23(30)16(15)2)26(4)20-11-13-28(32)19-9-8-17-6-5-7-21(29)25(17,3)18(19)10-12-27(20,28)24(31)34-26/h5,7-8,18-20,22,32H,6,9-14H2,1-4H3/t18?,19?,20?,22?,25-,26+,27+,28+/m0/s1. The van der Waals surface area contributed by atoms with E-state index in [-0.39, 0.29) is 35.5 Å². The smallest absolute Gasteiger partial charge is 0.334 e. The summed E-state index contributed by atoms with van der Waals surface area (Å²) >= 11 is 0. The van der Waals surface area contributed by atoms with Gasteiger partial charge < -0.3 is 14.6 Å². The molecule has 2 saturated carbocycles. The molecule has 34 heavy (non-hydrogen) atoms. The minimum Gasteiger partial charge on any atom is -0.455 e. The van der Waals surface area contributed by atoms with Crippen LogP contribution in [0.1, 0.15) is 72.6 Å². The zero-order valence-corrected chi connectivity index (χ0v) is 20.5. The first-order valence-electron chi connectivity index (χ1n) is 12.7. The Morgan fingerprint density at radius 2 is 1.82 bits per heavy atom. The van der Waals surface area contributed by atoms with Gasteiger partial charge in [-0.3, -0.25) is 9.59 Å². The molecule has 0 aromatic rings. The van der Waals surface area contributed by atoms with Crippen LogP contribution in [-0.2, 0) is 23.9 Å². The van der Waals surface area contributed by atoms with Gasteiger partial charge in [0.15, 0.2) is 11.4 Å². The molecule has 4 aliphatic carbocycles. The predicted molar refractivity (Wildman–Crippen MR) is 123 cm³/mol. The lowest BCUT2D eigenvalue weighted by molar-refractivity contribution is -0.193. The number of hydrogen-bond acceptors (Lipinski definition) is 6. The summed E-state index contributed by atoms with van der Waals surface area (Å²) in [5, 5.41) is 12.4. The molecule has 0 aromatic carbocycles. The lowest BCUT2D eigenvalue weighted by Crippen LogP contribution is -2.64. The number of carbonyl (C=O) groups is 3. The number of allylic oxidation sites excluding steroid dienone is 4. The van der Waals surface area contributed by atoms with Gasteiger partial charge in [-0.25, -0.2) is 4.79 Å². The number of fused-ring (bicyclic) bond motifs is 4. The number of cyclic esters (lactones) is 2. The van der Waals surface area contributed by atoms with Crippen LogP contribution in [0.15, 0.2) is 34.9 Å². The fourth-order valence-electron chi connectivity index (χ4n) is 8.86. The summed E-state index contributed by atoms with van der Waals surface area (Å²) in [7, 11) is 0. The van der Waals surface area contributed by atoms with E-state index >= 15 is 0 Å². The van der Waals surface area contributed by atoms with Gasteiger partial charge in [-0.15, -0.1) is 0 Å². The molecule has 182 valence electrons. The molecule has 4 unspecified atom stereocenters. The van der Waals surface area contributed by atoms with Gasteiger partial charge in [-0.1, -0.05) is 23.3 Å². The average Bonchev–Trinajstić information content (AvgIpc) is 3.23. The predicted octanol–water partition coefficient (Wildman–Crippen LogP) is 3.97. The lowest BCUT2D eigenvalue weighted by atomic mass is 9.45. The molecule has 0 bridgehead atoms. The minimum absolute atomic E-state index is 0.000633. The number of ketones is 1. The number of ether oxygens (including phenoxy) is 2. The Hall–Kier alpha value is -2.21. The van der Waals surface area contributed by atoms with Crippen molar-refractivity contribution in [3.63, 3.8) is 0 Å². The lowest BCUT2D eigenvalue weighted by Gasteiger charge is -2.58. The fraction of sp³-hybridized carbons (Fsp3) is 0.679. The number of carbonyl (C=O) groups excluding carboxylic acids is 3. The normalized spacial score (nSPS) is 49.6. The van der Waals surface area contributed by atoms with Crippen molar-refractivity contribution in [2.75, 3.05) is 0 Å². The van der Waals surface area contributed by atoms with Crippen molar-refractivity contribution in [2.24, 2.45) is 28.6 Å². The Bertz CT molecular complexity index is 1110. The molecule has 1 N–H and O–H groups in total. The highest BCUT2D eigenvalue weighted by Crippen LogP contribution is 2.72. The van der Waals surface area contributed by atoms with Crippen LogP contribution in [-0.4, -0.2) is 40.1 Å². The highest BCUT2D eigenvalue weighted by Gasteiger charge is 2.79. The van der Waals surface area contributed by atoms with E-state index in [1.54, 1.807) is 13.0 Å². The molecule has 2 aliphatic heterocycles. The van der Waals surface area contributed by atoms with E-state index in [1.807, 2.05) is 26.8 Å². The number of aliphatic hydroxyl groups is 1. The quantitative estimate of drug-likeness (QED) is 0.465. The highest BCUT2D eigenvalue weighted by molar-refractivity contribution is 5.99. The molecule has 2 heterocycles. The Balaban J connectivity index is 1.40. The van der Waals surface area contributed by atoms with E-state index in [0.717, 1.165) is 17.6 Å². The second-order valence-corrected chi connectivity index (χ2v) is 12.0. The van der Waals surface area contributed by atoms with Gasteiger partial charge in [0, 0.05) is 17.9 Å². The fourth-order valence-corrected chi connectivity index (χ4v) is 8.86. The van der Waals surface area contributed by atoms with Crippen molar-refractivity contribution >= 4 is 17.7 Å². The largest absolute Gasteiger partial charge is 0.455 e. The molecule has 1 saturated heterocycles. The van der Waals surface area contributed by atoms with E-state index < -0.39 is 28.1 Å². The zero-order chi connectivity index (χ0) is 24.3. The maximum absolute atomic E-state index is 13.8. The summed E-state index contributed by atoms with van der Waals surface area (Å²) in [5.74, 6) is -1.01. The summed E-state index contributed by atoms with van der Waals surface area (Å²) < 4.78 is 12.0. The molecule has 3 fully saturated rings. The van der Waals surface area contributed by atoms with Crippen LogP contribution in [0.5, 0.6) is 0 Å².